The van der Waals surface area contributed by atoms with Crippen LogP contribution in [0, 0.1) is 17.8 Å². The number of carbonyl (C=O) groups is 2. The molecule has 3 atom stereocenters. The van der Waals surface area contributed by atoms with Crippen molar-refractivity contribution in [2.75, 3.05) is 38.6 Å². The number of aromatic nitrogens is 4. The first-order valence-electron chi connectivity index (χ1n) is 12.4. The molecule has 1 aliphatic heterocycles. The predicted molar refractivity (Wildman–Crippen MR) is 134 cm³/mol. The Kier molecular flexibility index (Phi) is 10.0. The van der Waals surface area contributed by atoms with E-state index in [1.807, 2.05) is 0 Å². The molecule has 13 nitrogen and oxygen atoms in total. The largest absolute Gasteiger partial charge is 0.450 e. The van der Waals surface area contributed by atoms with Crippen LogP contribution in [-0.4, -0.2) is 91.7 Å². The van der Waals surface area contributed by atoms with Gasteiger partial charge in [-0.2, -0.15) is 0 Å². The molecule has 202 valence electrons. The Labute approximate surface area is 215 Å². The summed E-state index contributed by atoms with van der Waals surface area (Å²) in [6.45, 7) is 6.52. The molecule has 2 aromatic heterocycles. The van der Waals surface area contributed by atoms with Crippen LogP contribution in [0.3, 0.4) is 0 Å². The van der Waals surface area contributed by atoms with Crippen molar-refractivity contribution in [2.24, 2.45) is 5.92 Å². The molecule has 0 radical (unpaired) electrons. The summed E-state index contributed by atoms with van der Waals surface area (Å²) in [5.41, 5.74) is 6.80. The predicted octanol–water partition coefficient (Wildman–Crippen LogP) is 0.412. The lowest BCUT2D eigenvalue weighted by atomic mass is 9.94. The van der Waals surface area contributed by atoms with Crippen molar-refractivity contribution in [3.8, 4) is 11.8 Å². The number of anilines is 1. The molecule has 13 heteroatoms. The van der Waals surface area contributed by atoms with Gasteiger partial charge in [-0.3, -0.25) is 9.36 Å². The Morgan fingerprint density at radius 1 is 1.30 bits per heavy atom. The molecular weight excluding hydrogens is 482 g/mol. The number of fused-ring (bicyclic) bond motifs is 1. The van der Waals surface area contributed by atoms with Crippen molar-refractivity contribution in [3.05, 3.63) is 12.2 Å². The monoisotopic (exact) mass is 517 g/mol. The minimum absolute atomic E-state index is 0.152. The number of nitrogens with one attached hydrogen (secondary N) is 1. The van der Waals surface area contributed by atoms with Gasteiger partial charge in [0.25, 0.3) is 5.91 Å². The molecule has 1 saturated heterocycles. The molecule has 5 N–H and O–H groups in total. The number of carbonyl (C=O) groups excluding carboxylic acids is 2. The van der Waals surface area contributed by atoms with Crippen molar-refractivity contribution in [2.45, 2.75) is 58.5 Å². The van der Waals surface area contributed by atoms with Gasteiger partial charge < -0.3 is 35.6 Å². The summed E-state index contributed by atoms with van der Waals surface area (Å²) in [5.74, 6) is 6.25. The van der Waals surface area contributed by atoms with Gasteiger partial charge in [-0.15, -0.1) is 0 Å². The number of likely N-dealkylation sites (N-methyl/N-ethyl adjacent to an activating group) is 1. The van der Waals surface area contributed by atoms with E-state index in [4.69, 9.17) is 15.2 Å². The fraction of sp³-hybridized carbons (Fsp3) is 0.625. The number of nitrogens with two attached hydrogens (primary N) is 1. The molecule has 37 heavy (non-hydrogen) atoms. The molecule has 3 heterocycles. The number of aliphatic hydroxyl groups excluding tert-OH is 2. The number of nitrogens with zero attached hydrogens (tertiary/aromatic N) is 5. The number of nitrogen functional groups attached to an aromatic ring is 1. The summed E-state index contributed by atoms with van der Waals surface area (Å²) in [6, 6.07) is 0. The van der Waals surface area contributed by atoms with E-state index in [0.29, 0.717) is 49.7 Å². The molecule has 2 unspecified atom stereocenters. The molecule has 2 amide bonds. The van der Waals surface area contributed by atoms with Gasteiger partial charge in [-0.1, -0.05) is 5.92 Å². The van der Waals surface area contributed by atoms with E-state index < -0.39 is 30.9 Å². The standard InChI is InChI=1S/C24H35N7O6/c1-4-26-23(34)20(17(33)13-32)37-15(3)31-14-27-19-21(25)28-18(29-22(19)31)8-6-7-16-9-11-30(12-10-16)24(35)36-5-2/h14-17,20,32-33H,4-5,7,9-13H2,1-3H3,(H,26,34)(H2,25,28,29)/t15?,17?,20-/m0/s1. The van der Waals surface area contributed by atoms with Gasteiger partial charge in [0.15, 0.2) is 17.6 Å². The fourth-order valence-corrected chi connectivity index (χ4v) is 4.04. The smallest absolute Gasteiger partial charge is 0.409 e. The van der Waals surface area contributed by atoms with Crippen molar-refractivity contribution in [3.63, 3.8) is 0 Å². The highest BCUT2D eigenvalue weighted by Gasteiger charge is 2.30. The van der Waals surface area contributed by atoms with Gasteiger partial charge in [-0.25, -0.2) is 19.7 Å². The van der Waals surface area contributed by atoms with Crippen molar-refractivity contribution >= 4 is 29.0 Å². The summed E-state index contributed by atoms with van der Waals surface area (Å²) in [7, 11) is 0. The van der Waals surface area contributed by atoms with Gasteiger partial charge in [0.05, 0.1) is 19.5 Å². The third-order valence-corrected chi connectivity index (χ3v) is 6.06. The summed E-state index contributed by atoms with van der Waals surface area (Å²) in [4.78, 5) is 38.9. The van der Waals surface area contributed by atoms with Crippen LogP contribution >= 0.6 is 0 Å². The van der Waals surface area contributed by atoms with Crippen molar-refractivity contribution in [1.29, 1.82) is 0 Å². The molecule has 3 rings (SSSR count). The first kappa shape index (κ1) is 28.1. The quantitative estimate of drug-likeness (QED) is 0.341. The first-order chi connectivity index (χ1) is 17.8. The zero-order valence-electron chi connectivity index (χ0n) is 21.4. The number of ether oxygens (including phenoxy) is 2. The highest BCUT2D eigenvalue weighted by Crippen LogP contribution is 2.23. The molecule has 0 bridgehead atoms. The summed E-state index contributed by atoms with van der Waals surface area (Å²) in [5, 5.41) is 22.0. The van der Waals surface area contributed by atoms with E-state index in [-0.39, 0.29) is 17.7 Å². The Hall–Kier alpha value is -3.47. The van der Waals surface area contributed by atoms with Gasteiger partial charge in [0.2, 0.25) is 5.82 Å². The number of likely N-dealkylation sites (tertiary alicyclic amines) is 1. The van der Waals surface area contributed by atoms with E-state index in [1.54, 1.807) is 30.2 Å². The maximum absolute atomic E-state index is 12.3. The second kappa shape index (κ2) is 13.2. The van der Waals surface area contributed by atoms with Crippen LogP contribution in [0.25, 0.3) is 11.2 Å². The average molecular weight is 518 g/mol. The van der Waals surface area contributed by atoms with Crippen LogP contribution in [0.1, 0.15) is 52.1 Å². The number of amides is 2. The Balaban J connectivity index is 1.71. The van der Waals surface area contributed by atoms with Crippen molar-refractivity contribution < 1.29 is 29.3 Å². The minimum Gasteiger partial charge on any atom is -0.450 e. The Morgan fingerprint density at radius 2 is 2.03 bits per heavy atom. The number of piperidine rings is 1. The fourth-order valence-electron chi connectivity index (χ4n) is 4.04. The highest BCUT2D eigenvalue weighted by molar-refractivity contribution is 5.82. The molecule has 2 aromatic rings. The molecule has 0 aromatic carbocycles. The molecule has 0 aliphatic carbocycles. The SMILES string of the molecule is CCNC(=O)[C@@H](OC(C)n1cnc2c(N)nc(C#CCC3CCN(C(=O)OCC)CC3)nc21)C(O)CO. The topological polar surface area (TPSA) is 178 Å². The van der Waals surface area contributed by atoms with E-state index in [0.717, 1.165) is 12.8 Å². The first-order valence-corrected chi connectivity index (χ1v) is 12.4. The maximum atomic E-state index is 12.3. The number of imidazole rings is 1. The third-order valence-electron chi connectivity index (χ3n) is 6.06. The van der Waals surface area contributed by atoms with Crippen LogP contribution in [0.4, 0.5) is 10.6 Å². The van der Waals surface area contributed by atoms with E-state index >= 15 is 0 Å². The van der Waals surface area contributed by atoms with E-state index in [1.165, 1.54) is 6.33 Å². The number of hydrogen-bond acceptors (Lipinski definition) is 10. The van der Waals surface area contributed by atoms with Crippen LogP contribution < -0.4 is 11.1 Å². The molecular formula is C24H35N7O6. The summed E-state index contributed by atoms with van der Waals surface area (Å²) in [6.07, 6.45) is -0.00687. The average Bonchev–Trinajstić information content (AvgIpc) is 3.32. The third kappa shape index (κ3) is 7.06. The van der Waals surface area contributed by atoms with E-state index in [9.17, 15) is 19.8 Å². The highest BCUT2D eigenvalue weighted by atomic mass is 16.6. The molecule has 0 spiro atoms. The van der Waals surface area contributed by atoms with Crippen LogP contribution in [0.2, 0.25) is 0 Å². The zero-order chi connectivity index (χ0) is 26.9. The summed E-state index contributed by atoms with van der Waals surface area (Å²) >= 11 is 0. The zero-order valence-corrected chi connectivity index (χ0v) is 21.4. The Morgan fingerprint density at radius 3 is 2.68 bits per heavy atom. The second-order valence-electron chi connectivity index (χ2n) is 8.69. The minimum atomic E-state index is -1.41. The van der Waals surface area contributed by atoms with Crippen molar-refractivity contribution in [1.82, 2.24) is 29.7 Å². The second-order valence-corrected chi connectivity index (χ2v) is 8.69. The van der Waals surface area contributed by atoms with E-state index in [2.05, 4.69) is 32.1 Å². The number of rotatable bonds is 9. The van der Waals surface area contributed by atoms with Crippen LogP contribution in [0.15, 0.2) is 6.33 Å². The molecule has 0 saturated carbocycles. The lowest BCUT2D eigenvalue weighted by Gasteiger charge is -2.30. The van der Waals surface area contributed by atoms with Gasteiger partial charge in [0.1, 0.15) is 17.8 Å². The van der Waals surface area contributed by atoms with Gasteiger partial charge in [0, 0.05) is 26.1 Å². The molecule has 1 fully saturated rings. The summed E-state index contributed by atoms with van der Waals surface area (Å²) < 4.78 is 12.4. The maximum Gasteiger partial charge on any atom is 0.409 e. The Bertz CT molecular complexity index is 1140. The normalized spacial score (nSPS) is 16.5. The lowest BCUT2D eigenvalue weighted by molar-refractivity contribution is -0.154. The lowest BCUT2D eigenvalue weighted by Crippen LogP contribution is -2.46. The number of hydrogen-bond donors (Lipinski definition) is 4. The van der Waals surface area contributed by atoms with Crippen LogP contribution in [-0.2, 0) is 14.3 Å². The van der Waals surface area contributed by atoms with Gasteiger partial charge in [-0.05, 0) is 45.5 Å². The number of aliphatic hydroxyl groups is 2. The van der Waals surface area contributed by atoms with Crippen LogP contribution in [0.5, 0.6) is 0 Å². The molecule has 1 aliphatic rings. The van der Waals surface area contributed by atoms with Gasteiger partial charge >= 0.3 is 6.09 Å².